The molecule has 4 rings (SSSR count). The summed E-state index contributed by atoms with van der Waals surface area (Å²) in [5.41, 5.74) is 0. The van der Waals surface area contributed by atoms with Crippen LogP contribution in [-0.4, -0.2) is 47.2 Å². The lowest BCUT2D eigenvalue weighted by atomic mass is 9.77. The van der Waals surface area contributed by atoms with Crippen LogP contribution in [0.4, 0.5) is 5.82 Å². The normalized spacial score (nSPS) is 30.2. The van der Waals surface area contributed by atoms with Crippen molar-refractivity contribution in [2.24, 2.45) is 11.8 Å². The van der Waals surface area contributed by atoms with Crippen molar-refractivity contribution in [1.29, 1.82) is 0 Å². The Morgan fingerprint density at radius 2 is 2.08 bits per heavy atom. The SMILES string of the molecule is CO[C@@H]1C[C@H]2CN(Cc3nccs3)C[C@H]2C[C@H]1Nc1ccccn1. The highest BCUT2D eigenvalue weighted by Crippen LogP contribution is 2.38. The minimum Gasteiger partial charge on any atom is -0.379 e. The number of aromatic nitrogens is 2. The average molecular weight is 344 g/mol. The molecule has 6 heteroatoms. The minimum absolute atomic E-state index is 0.257. The Hall–Kier alpha value is -1.50. The highest BCUT2D eigenvalue weighted by Gasteiger charge is 2.42. The Morgan fingerprint density at radius 1 is 1.21 bits per heavy atom. The van der Waals surface area contributed by atoms with Gasteiger partial charge >= 0.3 is 0 Å². The number of anilines is 1. The Balaban J connectivity index is 1.40. The Bertz CT molecular complexity index is 636. The molecule has 5 nitrogen and oxygen atoms in total. The summed E-state index contributed by atoms with van der Waals surface area (Å²) in [4.78, 5) is 11.4. The first-order chi connectivity index (χ1) is 11.8. The molecule has 2 aromatic rings. The summed E-state index contributed by atoms with van der Waals surface area (Å²) in [6.45, 7) is 3.32. The number of ether oxygens (including phenoxy) is 1. The van der Waals surface area contributed by atoms with E-state index in [1.807, 2.05) is 37.7 Å². The van der Waals surface area contributed by atoms with E-state index in [1.54, 1.807) is 11.3 Å². The molecule has 0 unspecified atom stereocenters. The van der Waals surface area contributed by atoms with Crippen LogP contribution in [-0.2, 0) is 11.3 Å². The van der Waals surface area contributed by atoms with Gasteiger partial charge in [-0.25, -0.2) is 9.97 Å². The highest BCUT2D eigenvalue weighted by molar-refractivity contribution is 7.09. The lowest BCUT2D eigenvalue weighted by Gasteiger charge is -2.37. The van der Waals surface area contributed by atoms with Crippen molar-refractivity contribution in [3.05, 3.63) is 41.0 Å². The summed E-state index contributed by atoms with van der Waals surface area (Å²) in [5.74, 6) is 2.41. The molecule has 0 spiro atoms. The Labute approximate surface area is 147 Å². The molecular weight excluding hydrogens is 320 g/mol. The lowest BCUT2D eigenvalue weighted by Crippen LogP contribution is -2.44. The smallest absolute Gasteiger partial charge is 0.126 e. The highest BCUT2D eigenvalue weighted by atomic mass is 32.1. The zero-order valence-corrected chi connectivity index (χ0v) is 14.8. The van der Waals surface area contributed by atoms with Crippen LogP contribution in [0.15, 0.2) is 36.0 Å². The maximum atomic E-state index is 5.81. The number of hydrogen-bond donors (Lipinski definition) is 1. The zero-order valence-electron chi connectivity index (χ0n) is 14.0. The fraction of sp³-hybridized carbons (Fsp3) is 0.556. The summed E-state index contributed by atoms with van der Waals surface area (Å²) in [5, 5.41) is 6.87. The Kier molecular flexibility index (Phi) is 4.78. The van der Waals surface area contributed by atoms with Gasteiger partial charge in [-0.15, -0.1) is 11.3 Å². The van der Waals surface area contributed by atoms with Gasteiger partial charge in [-0.2, -0.15) is 0 Å². The standard InChI is InChI=1S/C18H24N4OS/c1-23-16-9-14-11-22(12-18-20-6-7-24-18)10-13(14)8-15(16)21-17-4-2-3-5-19-17/h2-7,13-16H,8-12H2,1H3,(H,19,21)/t13-,14+,15-,16-/m1/s1. The van der Waals surface area contributed by atoms with E-state index in [-0.39, 0.29) is 6.10 Å². The van der Waals surface area contributed by atoms with Gasteiger partial charge in [-0.1, -0.05) is 6.07 Å². The number of pyridine rings is 1. The molecule has 24 heavy (non-hydrogen) atoms. The largest absolute Gasteiger partial charge is 0.379 e. The number of hydrogen-bond acceptors (Lipinski definition) is 6. The Morgan fingerprint density at radius 3 is 2.79 bits per heavy atom. The van der Waals surface area contributed by atoms with E-state index in [2.05, 4.69) is 25.6 Å². The fourth-order valence-electron chi connectivity index (χ4n) is 4.21. The first kappa shape index (κ1) is 16.0. The van der Waals surface area contributed by atoms with Crippen LogP contribution in [0.25, 0.3) is 0 Å². The van der Waals surface area contributed by atoms with Crippen molar-refractivity contribution in [1.82, 2.24) is 14.9 Å². The fourth-order valence-corrected chi connectivity index (χ4v) is 4.87. The second kappa shape index (κ2) is 7.17. The van der Waals surface area contributed by atoms with Gasteiger partial charge in [0, 0.05) is 38.0 Å². The molecule has 1 aliphatic carbocycles. The molecule has 2 aliphatic rings. The maximum absolute atomic E-state index is 5.81. The second-order valence-corrected chi connectivity index (χ2v) is 7.83. The van der Waals surface area contributed by atoms with Crippen molar-refractivity contribution in [2.45, 2.75) is 31.5 Å². The molecule has 1 aliphatic heterocycles. The van der Waals surface area contributed by atoms with Crippen molar-refractivity contribution < 1.29 is 4.74 Å². The van der Waals surface area contributed by atoms with Gasteiger partial charge < -0.3 is 10.1 Å². The molecule has 128 valence electrons. The van der Waals surface area contributed by atoms with Crippen LogP contribution in [0.5, 0.6) is 0 Å². The van der Waals surface area contributed by atoms with Crippen molar-refractivity contribution in [2.75, 3.05) is 25.5 Å². The molecule has 0 radical (unpaired) electrons. The van der Waals surface area contributed by atoms with Crippen molar-refractivity contribution in [3.8, 4) is 0 Å². The van der Waals surface area contributed by atoms with Gasteiger partial charge in [0.1, 0.15) is 10.8 Å². The summed E-state index contributed by atoms with van der Waals surface area (Å²) in [6, 6.07) is 6.34. The monoisotopic (exact) mass is 344 g/mol. The summed E-state index contributed by atoms with van der Waals surface area (Å²) >= 11 is 1.75. The molecule has 1 saturated heterocycles. The molecule has 1 N–H and O–H groups in total. The van der Waals surface area contributed by atoms with Gasteiger partial charge in [0.2, 0.25) is 0 Å². The number of methoxy groups -OCH3 is 1. The van der Waals surface area contributed by atoms with Crippen LogP contribution in [0.1, 0.15) is 17.8 Å². The third kappa shape index (κ3) is 3.45. The van der Waals surface area contributed by atoms with E-state index >= 15 is 0 Å². The predicted molar refractivity (Wildman–Crippen MR) is 96.0 cm³/mol. The van der Waals surface area contributed by atoms with Crippen LogP contribution in [0.3, 0.4) is 0 Å². The van der Waals surface area contributed by atoms with Crippen LogP contribution >= 0.6 is 11.3 Å². The number of rotatable bonds is 5. The number of fused-ring (bicyclic) bond motifs is 1. The van der Waals surface area contributed by atoms with Crippen LogP contribution < -0.4 is 5.32 Å². The lowest BCUT2D eigenvalue weighted by molar-refractivity contribution is 0.0304. The van der Waals surface area contributed by atoms with Crippen LogP contribution in [0, 0.1) is 11.8 Å². The predicted octanol–water partition coefficient (Wildman–Crippen LogP) is 2.88. The molecule has 0 amide bonds. The molecule has 1 saturated carbocycles. The third-order valence-corrected chi connectivity index (χ3v) is 6.10. The minimum atomic E-state index is 0.257. The molecule has 2 aromatic heterocycles. The first-order valence-electron chi connectivity index (χ1n) is 8.63. The number of thiazole rings is 1. The molecule has 4 atom stereocenters. The van der Waals surface area contributed by atoms with Gasteiger partial charge in [0.25, 0.3) is 0 Å². The average Bonchev–Trinajstić information content (AvgIpc) is 3.24. The molecule has 2 fully saturated rings. The molecular formula is C18H24N4OS. The van der Waals surface area contributed by atoms with E-state index in [1.165, 1.54) is 18.1 Å². The van der Waals surface area contributed by atoms with Gasteiger partial charge in [0.05, 0.1) is 18.7 Å². The first-order valence-corrected chi connectivity index (χ1v) is 9.51. The van der Waals surface area contributed by atoms with E-state index in [0.717, 1.165) is 37.0 Å². The quantitative estimate of drug-likeness (QED) is 0.904. The van der Waals surface area contributed by atoms with E-state index in [0.29, 0.717) is 6.04 Å². The topological polar surface area (TPSA) is 50.3 Å². The number of likely N-dealkylation sites (tertiary alicyclic amines) is 1. The number of nitrogens with one attached hydrogen (secondary N) is 1. The molecule has 0 bridgehead atoms. The van der Waals surface area contributed by atoms with Gasteiger partial charge in [-0.05, 0) is 36.8 Å². The summed E-state index contributed by atoms with van der Waals surface area (Å²) in [6.07, 6.45) is 6.26. The van der Waals surface area contributed by atoms with E-state index in [9.17, 15) is 0 Å². The van der Waals surface area contributed by atoms with Crippen LogP contribution in [0.2, 0.25) is 0 Å². The summed E-state index contributed by atoms with van der Waals surface area (Å²) in [7, 11) is 1.83. The van der Waals surface area contributed by atoms with E-state index < -0.39 is 0 Å². The summed E-state index contributed by atoms with van der Waals surface area (Å²) < 4.78 is 5.81. The second-order valence-electron chi connectivity index (χ2n) is 6.85. The zero-order chi connectivity index (χ0) is 16.4. The maximum Gasteiger partial charge on any atom is 0.126 e. The molecule has 0 aromatic carbocycles. The molecule has 3 heterocycles. The van der Waals surface area contributed by atoms with E-state index in [4.69, 9.17) is 4.74 Å². The third-order valence-electron chi connectivity index (χ3n) is 5.34. The van der Waals surface area contributed by atoms with Crippen molar-refractivity contribution >= 4 is 17.2 Å². The van der Waals surface area contributed by atoms with Gasteiger partial charge in [-0.3, -0.25) is 4.90 Å². The van der Waals surface area contributed by atoms with Crippen molar-refractivity contribution in [3.63, 3.8) is 0 Å². The van der Waals surface area contributed by atoms with Gasteiger partial charge in [0.15, 0.2) is 0 Å². The number of nitrogens with zero attached hydrogens (tertiary/aromatic N) is 3.